The molecule has 1 unspecified atom stereocenters. The Morgan fingerprint density at radius 2 is 1.84 bits per heavy atom. The number of rotatable bonds is 5. The van der Waals surface area contributed by atoms with Gasteiger partial charge in [-0.3, -0.25) is 0 Å². The largest absolute Gasteiger partial charge is 0.501 e. The number of furan rings is 1. The highest BCUT2D eigenvalue weighted by Crippen LogP contribution is 2.35. The number of hydrogen-bond donors (Lipinski definition) is 2. The highest BCUT2D eigenvalue weighted by Gasteiger charge is 2.48. The molecule has 1 aromatic heterocycles. The summed E-state index contributed by atoms with van der Waals surface area (Å²) in [4.78, 5) is -1.26. The molecule has 1 heterocycles. The molecule has 5 nitrogen and oxygen atoms in total. The van der Waals surface area contributed by atoms with Crippen molar-refractivity contribution < 1.29 is 35.5 Å². The second kappa shape index (κ2) is 6.34. The summed E-state index contributed by atoms with van der Waals surface area (Å²) in [5, 5.41) is 12.8. The standard InChI is InChI=1S/C15H15F4NO4S/c1-9-3-6-13(24-9)14(2,21)8-20-11-5-4-10(16)7-12(11)25(22,23)15(17,18)19/h3-7,20-21H,8H2,1-2H3. The van der Waals surface area contributed by atoms with Crippen molar-refractivity contribution in [1.29, 1.82) is 0 Å². The number of aliphatic hydroxyl groups is 1. The van der Waals surface area contributed by atoms with Crippen molar-refractivity contribution in [2.45, 2.75) is 29.9 Å². The Morgan fingerprint density at radius 3 is 2.36 bits per heavy atom. The molecule has 138 valence electrons. The van der Waals surface area contributed by atoms with Gasteiger partial charge >= 0.3 is 5.51 Å². The summed E-state index contributed by atoms with van der Waals surface area (Å²) in [5.41, 5.74) is -7.71. The second-order valence-corrected chi connectivity index (χ2v) is 7.54. The summed E-state index contributed by atoms with van der Waals surface area (Å²) >= 11 is 0. The van der Waals surface area contributed by atoms with E-state index in [2.05, 4.69) is 5.32 Å². The van der Waals surface area contributed by atoms with E-state index < -0.39 is 37.3 Å². The first kappa shape index (κ1) is 19.3. The molecule has 0 spiro atoms. The lowest BCUT2D eigenvalue weighted by molar-refractivity contribution is -0.0435. The molecule has 25 heavy (non-hydrogen) atoms. The van der Waals surface area contributed by atoms with Crippen LogP contribution in [0.4, 0.5) is 23.2 Å². The first-order valence-corrected chi connectivity index (χ1v) is 8.47. The molecule has 0 amide bonds. The minimum atomic E-state index is -5.77. The number of anilines is 1. The number of hydrogen-bond acceptors (Lipinski definition) is 5. The van der Waals surface area contributed by atoms with Crippen molar-refractivity contribution in [2.24, 2.45) is 0 Å². The van der Waals surface area contributed by atoms with Gasteiger partial charge in [-0.15, -0.1) is 0 Å². The number of benzene rings is 1. The summed E-state index contributed by atoms with van der Waals surface area (Å²) in [6.07, 6.45) is 0. The summed E-state index contributed by atoms with van der Waals surface area (Å²) < 4.78 is 80.1. The zero-order valence-corrected chi connectivity index (χ0v) is 14.0. The third-order valence-electron chi connectivity index (χ3n) is 3.43. The van der Waals surface area contributed by atoms with Gasteiger partial charge in [-0.05, 0) is 44.2 Å². The predicted octanol–water partition coefficient (Wildman–Crippen LogP) is 3.34. The zero-order chi connectivity index (χ0) is 19.0. The van der Waals surface area contributed by atoms with E-state index in [4.69, 9.17) is 4.42 Å². The van der Waals surface area contributed by atoms with Gasteiger partial charge in [0.1, 0.15) is 27.8 Å². The van der Waals surface area contributed by atoms with Gasteiger partial charge in [0.2, 0.25) is 0 Å². The Morgan fingerprint density at radius 1 is 1.20 bits per heavy atom. The van der Waals surface area contributed by atoms with E-state index in [1.807, 2.05) is 0 Å². The average molecular weight is 381 g/mol. The van der Waals surface area contributed by atoms with E-state index in [1.54, 1.807) is 13.0 Å². The van der Waals surface area contributed by atoms with E-state index in [0.717, 1.165) is 12.1 Å². The summed E-state index contributed by atoms with van der Waals surface area (Å²) in [7, 11) is -5.77. The van der Waals surface area contributed by atoms with Crippen LogP contribution >= 0.6 is 0 Å². The van der Waals surface area contributed by atoms with Crippen LogP contribution in [0, 0.1) is 12.7 Å². The highest BCUT2D eigenvalue weighted by atomic mass is 32.2. The molecule has 2 rings (SSSR count). The molecular formula is C15H15F4NO4S. The molecule has 2 aromatic rings. The summed E-state index contributed by atoms with van der Waals surface area (Å²) in [6, 6.07) is 5.01. The monoisotopic (exact) mass is 381 g/mol. The van der Waals surface area contributed by atoms with E-state index in [0.29, 0.717) is 5.76 Å². The highest BCUT2D eigenvalue weighted by molar-refractivity contribution is 7.92. The van der Waals surface area contributed by atoms with Gasteiger partial charge in [0.15, 0.2) is 0 Å². The molecular weight excluding hydrogens is 366 g/mol. The molecule has 0 saturated carbocycles. The number of sulfone groups is 1. The van der Waals surface area contributed by atoms with Crippen molar-refractivity contribution >= 4 is 15.5 Å². The maximum Gasteiger partial charge on any atom is 0.501 e. The lowest BCUT2D eigenvalue weighted by Gasteiger charge is -2.23. The Labute approximate surface area is 141 Å². The van der Waals surface area contributed by atoms with Crippen LogP contribution in [-0.2, 0) is 15.4 Å². The first-order chi connectivity index (χ1) is 11.3. The van der Waals surface area contributed by atoms with Crippen LogP contribution in [0.25, 0.3) is 0 Å². The molecule has 0 aliphatic carbocycles. The molecule has 0 radical (unpaired) electrons. The minimum Gasteiger partial charge on any atom is -0.463 e. The zero-order valence-electron chi connectivity index (χ0n) is 13.2. The van der Waals surface area contributed by atoms with E-state index in [9.17, 15) is 31.1 Å². The molecule has 0 aliphatic rings. The Bertz CT molecular complexity index is 872. The van der Waals surface area contributed by atoms with E-state index in [-0.39, 0.29) is 18.4 Å². The van der Waals surface area contributed by atoms with Crippen LogP contribution < -0.4 is 5.32 Å². The smallest absolute Gasteiger partial charge is 0.463 e. The fourth-order valence-electron chi connectivity index (χ4n) is 2.07. The van der Waals surface area contributed by atoms with Crippen molar-refractivity contribution in [3.8, 4) is 0 Å². The van der Waals surface area contributed by atoms with Crippen molar-refractivity contribution in [3.05, 3.63) is 47.7 Å². The third kappa shape index (κ3) is 3.96. The normalized spacial score (nSPS) is 15.0. The van der Waals surface area contributed by atoms with Crippen LogP contribution in [0.5, 0.6) is 0 Å². The number of alkyl halides is 3. The number of aryl methyl sites for hydroxylation is 1. The van der Waals surface area contributed by atoms with Gasteiger partial charge in [0, 0.05) is 0 Å². The maximum absolute atomic E-state index is 13.3. The molecule has 1 aromatic carbocycles. The maximum atomic E-state index is 13.3. The third-order valence-corrected chi connectivity index (χ3v) is 4.96. The lowest BCUT2D eigenvalue weighted by Crippen LogP contribution is -2.31. The first-order valence-electron chi connectivity index (χ1n) is 6.99. The second-order valence-electron chi connectivity index (χ2n) is 5.63. The Balaban J connectivity index is 2.35. The van der Waals surface area contributed by atoms with Crippen LogP contribution in [-0.4, -0.2) is 25.6 Å². The predicted molar refractivity (Wildman–Crippen MR) is 81.1 cm³/mol. The SMILES string of the molecule is Cc1ccc(C(C)(O)CNc2ccc(F)cc2S(=O)(=O)C(F)(F)F)o1. The summed E-state index contributed by atoms with van der Waals surface area (Å²) in [5.74, 6) is -0.487. The van der Waals surface area contributed by atoms with Gasteiger partial charge < -0.3 is 14.8 Å². The quantitative estimate of drug-likeness (QED) is 0.777. The van der Waals surface area contributed by atoms with Crippen LogP contribution in [0.15, 0.2) is 39.6 Å². The number of halogens is 4. The van der Waals surface area contributed by atoms with Crippen molar-refractivity contribution in [3.63, 3.8) is 0 Å². The van der Waals surface area contributed by atoms with Crippen LogP contribution in [0.3, 0.4) is 0 Å². The molecule has 1 atom stereocenters. The summed E-state index contributed by atoms with van der Waals surface area (Å²) in [6.45, 7) is 2.60. The van der Waals surface area contributed by atoms with Crippen molar-refractivity contribution in [1.82, 2.24) is 0 Å². The van der Waals surface area contributed by atoms with Crippen LogP contribution in [0.1, 0.15) is 18.4 Å². The van der Waals surface area contributed by atoms with Gasteiger partial charge in [-0.25, -0.2) is 12.8 Å². The van der Waals surface area contributed by atoms with E-state index >= 15 is 0 Å². The Kier molecular flexibility index (Phi) is 4.88. The van der Waals surface area contributed by atoms with E-state index in [1.165, 1.54) is 13.0 Å². The molecule has 0 saturated heterocycles. The van der Waals surface area contributed by atoms with Gasteiger partial charge in [-0.2, -0.15) is 13.2 Å². The van der Waals surface area contributed by atoms with Gasteiger partial charge in [0.05, 0.1) is 12.2 Å². The molecule has 0 fully saturated rings. The molecule has 0 aliphatic heterocycles. The lowest BCUT2D eigenvalue weighted by atomic mass is 10.0. The minimum absolute atomic E-state index is 0.139. The average Bonchev–Trinajstić information content (AvgIpc) is 2.92. The topological polar surface area (TPSA) is 79.5 Å². The fourth-order valence-corrected chi connectivity index (χ4v) is 3.01. The Hall–Kier alpha value is -2.07. The van der Waals surface area contributed by atoms with Gasteiger partial charge in [-0.1, -0.05) is 0 Å². The molecule has 2 N–H and O–H groups in total. The number of nitrogens with one attached hydrogen (secondary N) is 1. The molecule has 10 heteroatoms. The van der Waals surface area contributed by atoms with Crippen molar-refractivity contribution in [2.75, 3.05) is 11.9 Å². The van der Waals surface area contributed by atoms with Crippen LogP contribution in [0.2, 0.25) is 0 Å². The molecule has 0 bridgehead atoms. The van der Waals surface area contributed by atoms with Gasteiger partial charge in [0.25, 0.3) is 9.84 Å². The fraction of sp³-hybridized carbons (Fsp3) is 0.333.